The van der Waals surface area contributed by atoms with Crippen LogP contribution in [0.3, 0.4) is 0 Å². The smallest absolute Gasteiger partial charge is 0.360 e. The van der Waals surface area contributed by atoms with E-state index in [-0.39, 0.29) is 18.7 Å². The van der Waals surface area contributed by atoms with Crippen LogP contribution in [0.2, 0.25) is 0 Å². The summed E-state index contributed by atoms with van der Waals surface area (Å²) < 4.78 is 10.5. The van der Waals surface area contributed by atoms with E-state index < -0.39 is 11.9 Å². The van der Waals surface area contributed by atoms with Gasteiger partial charge in [0.2, 0.25) is 0 Å². The number of methoxy groups -OCH3 is 2. The summed E-state index contributed by atoms with van der Waals surface area (Å²) in [5.41, 5.74) is 0.308. The third-order valence-corrected chi connectivity index (χ3v) is 2.28. The Morgan fingerprint density at radius 2 is 2.06 bits per heavy atom. The number of carbonyl (C=O) groups is 2. The van der Waals surface area contributed by atoms with Crippen LogP contribution in [0, 0.1) is 0 Å². The molecule has 0 amide bonds. The first-order chi connectivity index (χ1) is 8.63. The highest BCUT2D eigenvalue weighted by molar-refractivity contribution is 5.89. The van der Waals surface area contributed by atoms with Gasteiger partial charge in [0, 0.05) is 13.2 Å². The molecule has 0 fully saturated rings. The third-order valence-electron chi connectivity index (χ3n) is 2.28. The highest BCUT2D eigenvalue weighted by atomic mass is 16.5. The Labute approximate surface area is 103 Å². The Kier molecular flexibility index (Phi) is 5.25. The Balaban J connectivity index is 3.00. The van der Waals surface area contributed by atoms with Gasteiger partial charge >= 0.3 is 11.9 Å². The maximum absolute atomic E-state index is 11.5. The van der Waals surface area contributed by atoms with Gasteiger partial charge in [0.1, 0.15) is 0 Å². The molecule has 8 heteroatoms. The molecule has 1 aromatic heterocycles. The van der Waals surface area contributed by atoms with Crippen molar-refractivity contribution in [1.29, 1.82) is 0 Å². The first kappa shape index (κ1) is 14.1. The lowest BCUT2D eigenvalue weighted by Gasteiger charge is -2.05. The molecule has 1 aromatic rings. The molecule has 0 aliphatic rings. The van der Waals surface area contributed by atoms with E-state index in [1.54, 1.807) is 0 Å². The topological polar surface area (TPSA) is 104 Å². The number of nitrogens with zero attached hydrogens (tertiary/aromatic N) is 3. The lowest BCUT2D eigenvalue weighted by Crippen LogP contribution is -2.15. The van der Waals surface area contributed by atoms with Gasteiger partial charge in [0.15, 0.2) is 5.69 Å². The van der Waals surface area contributed by atoms with Gasteiger partial charge in [-0.1, -0.05) is 5.21 Å². The van der Waals surface area contributed by atoms with Crippen LogP contribution in [0.5, 0.6) is 0 Å². The monoisotopic (exact) mass is 257 g/mol. The van der Waals surface area contributed by atoms with E-state index in [2.05, 4.69) is 19.8 Å². The summed E-state index contributed by atoms with van der Waals surface area (Å²) in [4.78, 5) is 22.7. The average Bonchev–Trinajstić information content (AvgIpc) is 2.78. The van der Waals surface area contributed by atoms with E-state index in [1.807, 2.05) is 0 Å². The van der Waals surface area contributed by atoms with Crippen molar-refractivity contribution < 1.29 is 24.2 Å². The van der Waals surface area contributed by atoms with Crippen molar-refractivity contribution in [2.24, 2.45) is 0 Å². The minimum Gasteiger partial charge on any atom is -0.469 e. The van der Waals surface area contributed by atoms with Crippen molar-refractivity contribution in [2.45, 2.75) is 19.4 Å². The second kappa shape index (κ2) is 6.70. The van der Waals surface area contributed by atoms with Crippen molar-refractivity contribution in [3.8, 4) is 0 Å². The van der Waals surface area contributed by atoms with Crippen molar-refractivity contribution >= 4 is 11.9 Å². The van der Waals surface area contributed by atoms with Gasteiger partial charge in [0.05, 0.1) is 26.3 Å². The number of aromatic nitrogens is 3. The molecule has 0 spiro atoms. The van der Waals surface area contributed by atoms with Gasteiger partial charge < -0.3 is 14.6 Å². The quantitative estimate of drug-likeness (QED) is 0.663. The number of aryl methyl sites for hydroxylation is 1. The molecular weight excluding hydrogens is 242 g/mol. The number of ether oxygens (including phenoxy) is 2. The van der Waals surface area contributed by atoms with Crippen LogP contribution in [0.15, 0.2) is 0 Å². The molecule has 1 N–H and O–H groups in total. The van der Waals surface area contributed by atoms with E-state index >= 15 is 0 Å². The summed E-state index contributed by atoms with van der Waals surface area (Å²) in [6.45, 7) is 0.331. The second-order valence-electron chi connectivity index (χ2n) is 3.43. The Morgan fingerprint density at radius 3 is 2.61 bits per heavy atom. The van der Waals surface area contributed by atoms with Crippen LogP contribution in [0.4, 0.5) is 0 Å². The van der Waals surface area contributed by atoms with E-state index in [1.165, 1.54) is 18.9 Å². The molecule has 1 rings (SSSR count). The summed E-state index contributed by atoms with van der Waals surface area (Å²) in [5.74, 6) is -1.17. The molecule has 1 heterocycles. The molecule has 0 aliphatic heterocycles. The summed E-state index contributed by atoms with van der Waals surface area (Å²) in [6, 6.07) is 0. The first-order valence-electron chi connectivity index (χ1n) is 5.32. The maximum Gasteiger partial charge on any atom is 0.360 e. The number of aliphatic hydroxyl groups excluding tert-OH is 1. The number of rotatable bonds is 6. The Bertz CT molecular complexity index is 429. The summed E-state index contributed by atoms with van der Waals surface area (Å²) in [7, 11) is 2.47. The minimum absolute atomic E-state index is 0.0131. The Hall–Kier alpha value is -1.96. The van der Waals surface area contributed by atoms with E-state index in [9.17, 15) is 9.59 Å². The lowest BCUT2D eigenvalue weighted by atomic mass is 10.2. The minimum atomic E-state index is -0.663. The Morgan fingerprint density at radius 1 is 1.33 bits per heavy atom. The van der Waals surface area contributed by atoms with E-state index in [0.29, 0.717) is 18.7 Å². The predicted octanol–water partition coefficient (Wildman–Crippen LogP) is -0.837. The highest BCUT2D eigenvalue weighted by Crippen LogP contribution is 2.09. The van der Waals surface area contributed by atoms with Crippen molar-refractivity contribution in [3.05, 3.63) is 11.4 Å². The zero-order valence-electron chi connectivity index (χ0n) is 10.3. The van der Waals surface area contributed by atoms with Gasteiger partial charge in [-0.25, -0.2) is 9.48 Å². The second-order valence-corrected chi connectivity index (χ2v) is 3.43. The zero-order chi connectivity index (χ0) is 13.5. The fourth-order valence-corrected chi connectivity index (χ4v) is 1.37. The molecular formula is C10H15N3O5. The molecule has 18 heavy (non-hydrogen) atoms. The van der Waals surface area contributed by atoms with Crippen molar-refractivity contribution in [3.63, 3.8) is 0 Å². The molecule has 8 nitrogen and oxygen atoms in total. The number of hydrogen-bond acceptors (Lipinski definition) is 7. The molecule has 0 radical (unpaired) electrons. The van der Waals surface area contributed by atoms with Gasteiger partial charge in [-0.05, 0) is 6.42 Å². The SMILES string of the molecule is COC(=O)Cc1c(C(=O)OC)nnn1CCCO. The summed E-state index contributed by atoms with van der Waals surface area (Å²) in [5, 5.41) is 16.2. The van der Waals surface area contributed by atoms with Crippen LogP contribution < -0.4 is 0 Å². The zero-order valence-corrected chi connectivity index (χ0v) is 10.3. The van der Waals surface area contributed by atoms with Crippen LogP contribution in [-0.4, -0.2) is 52.9 Å². The molecule has 0 atom stereocenters. The first-order valence-corrected chi connectivity index (χ1v) is 5.32. The predicted molar refractivity (Wildman–Crippen MR) is 58.8 cm³/mol. The third kappa shape index (κ3) is 3.27. The van der Waals surface area contributed by atoms with Crippen LogP contribution in [0.25, 0.3) is 0 Å². The van der Waals surface area contributed by atoms with Crippen LogP contribution in [-0.2, 0) is 27.2 Å². The number of esters is 2. The van der Waals surface area contributed by atoms with Gasteiger partial charge in [0.25, 0.3) is 0 Å². The van der Waals surface area contributed by atoms with Crippen molar-refractivity contribution in [1.82, 2.24) is 15.0 Å². The molecule has 0 aromatic carbocycles. The number of aliphatic hydroxyl groups is 1. The van der Waals surface area contributed by atoms with Crippen molar-refractivity contribution in [2.75, 3.05) is 20.8 Å². The number of carbonyl (C=O) groups excluding carboxylic acids is 2. The fraction of sp³-hybridized carbons (Fsp3) is 0.600. The average molecular weight is 257 g/mol. The molecule has 0 saturated carbocycles. The van der Waals surface area contributed by atoms with Crippen LogP contribution >= 0.6 is 0 Å². The van der Waals surface area contributed by atoms with Gasteiger partial charge in [-0.2, -0.15) is 0 Å². The maximum atomic E-state index is 11.5. The standard InChI is InChI=1S/C10H15N3O5/c1-17-8(15)6-7-9(10(16)18-2)11-12-13(7)4-3-5-14/h14H,3-6H2,1-2H3. The normalized spacial score (nSPS) is 10.2. The fourth-order valence-electron chi connectivity index (χ4n) is 1.37. The molecule has 0 unspecified atom stereocenters. The summed E-state index contributed by atoms with van der Waals surface area (Å²) >= 11 is 0. The van der Waals surface area contributed by atoms with Gasteiger partial charge in [-0.15, -0.1) is 5.10 Å². The summed E-state index contributed by atoms with van der Waals surface area (Å²) in [6.07, 6.45) is 0.317. The molecule has 0 saturated heterocycles. The highest BCUT2D eigenvalue weighted by Gasteiger charge is 2.22. The number of hydrogen-bond donors (Lipinski definition) is 1. The molecule has 100 valence electrons. The molecule has 0 bridgehead atoms. The van der Waals surface area contributed by atoms with E-state index in [4.69, 9.17) is 5.11 Å². The lowest BCUT2D eigenvalue weighted by molar-refractivity contribution is -0.139. The largest absolute Gasteiger partial charge is 0.469 e. The van der Waals surface area contributed by atoms with Crippen LogP contribution in [0.1, 0.15) is 22.6 Å². The van der Waals surface area contributed by atoms with E-state index in [0.717, 1.165) is 0 Å². The molecule has 0 aliphatic carbocycles. The van der Waals surface area contributed by atoms with Gasteiger partial charge in [-0.3, -0.25) is 4.79 Å².